The van der Waals surface area contributed by atoms with Gasteiger partial charge in [0.1, 0.15) is 5.25 Å². The van der Waals surface area contributed by atoms with E-state index in [1.807, 2.05) is 0 Å². The van der Waals surface area contributed by atoms with Crippen LogP contribution < -0.4 is 0 Å². The molecule has 5 heteroatoms. The molecule has 0 aliphatic heterocycles. The highest BCUT2D eigenvalue weighted by molar-refractivity contribution is 7.91. The number of hydrogen-bond acceptors (Lipinski definition) is 4. The first-order chi connectivity index (χ1) is 11.1. The Morgan fingerprint density at radius 2 is 1.70 bits per heavy atom. The van der Waals surface area contributed by atoms with Gasteiger partial charge in [-0.2, -0.15) is 0 Å². The van der Waals surface area contributed by atoms with E-state index in [4.69, 9.17) is 4.74 Å². The van der Waals surface area contributed by atoms with Gasteiger partial charge in [-0.25, -0.2) is 13.2 Å². The average Bonchev–Trinajstić information content (AvgIpc) is 2.96. The van der Waals surface area contributed by atoms with Crippen molar-refractivity contribution in [2.75, 3.05) is 6.61 Å². The van der Waals surface area contributed by atoms with E-state index in [9.17, 15) is 13.2 Å². The fourth-order valence-corrected chi connectivity index (χ4v) is 4.41. The van der Waals surface area contributed by atoms with E-state index in [1.165, 1.54) is 6.08 Å². The molecule has 3 rings (SSSR count). The Balaban J connectivity index is 2.12. The fraction of sp³-hybridized carbons (Fsp3) is 0.167. The molecule has 1 unspecified atom stereocenters. The summed E-state index contributed by atoms with van der Waals surface area (Å²) in [5.74, 6) is -0.495. The van der Waals surface area contributed by atoms with Crippen molar-refractivity contribution in [2.45, 2.75) is 17.1 Å². The summed E-state index contributed by atoms with van der Waals surface area (Å²) in [6.45, 7) is 1.96. The lowest BCUT2D eigenvalue weighted by molar-refractivity contribution is -0.136. The second-order valence-electron chi connectivity index (χ2n) is 5.17. The van der Waals surface area contributed by atoms with Crippen molar-refractivity contribution in [3.63, 3.8) is 0 Å². The summed E-state index contributed by atoms with van der Waals surface area (Å²) in [5, 5.41) is -0.875. The molecule has 0 fully saturated rings. The SMILES string of the molecule is CCOC(=O)C1=CC(S(=O)(=O)c2ccccc2)c2ccccc21. The summed E-state index contributed by atoms with van der Waals surface area (Å²) in [4.78, 5) is 12.4. The predicted octanol–water partition coefficient (Wildman–Crippen LogP) is 3.16. The van der Waals surface area contributed by atoms with Crippen LogP contribution >= 0.6 is 0 Å². The summed E-state index contributed by atoms with van der Waals surface area (Å²) in [5.41, 5.74) is 1.54. The first-order valence-corrected chi connectivity index (χ1v) is 8.87. The molecule has 118 valence electrons. The van der Waals surface area contributed by atoms with Crippen molar-refractivity contribution in [3.8, 4) is 0 Å². The van der Waals surface area contributed by atoms with E-state index in [0.717, 1.165) is 0 Å². The van der Waals surface area contributed by atoms with Crippen molar-refractivity contribution in [1.82, 2.24) is 0 Å². The summed E-state index contributed by atoms with van der Waals surface area (Å²) in [7, 11) is -3.62. The molecule has 0 radical (unpaired) electrons. The maximum Gasteiger partial charge on any atom is 0.338 e. The molecule has 4 nitrogen and oxygen atoms in total. The van der Waals surface area contributed by atoms with E-state index in [1.54, 1.807) is 61.5 Å². The minimum absolute atomic E-state index is 0.237. The number of esters is 1. The number of rotatable bonds is 4. The summed E-state index contributed by atoms with van der Waals surface area (Å²) in [6.07, 6.45) is 1.49. The van der Waals surface area contributed by atoms with Crippen molar-refractivity contribution in [3.05, 3.63) is 71.8 Å². The number of carbonyl (C=O) groups is 1. The van der Waals surface area contributed by atoms with Gasteiger partial charge in [-0.15, -0.1) is 0 Å². The van der Waals surface area contributed by atoms with Gasteiger partial charge in [0, 0.05) is 0 Å². The summed E-state index contributed by atoms with van der Waals surface area (Å²) < 4.78 is 30.9. The standard InChI is InChI=1S/C18H16O4S/c1-2-22-18(19)16-12-17(15-11-7-6-10-14(15)16)23(20,21)13-8-4-3-5-9-13/h3-12,17H,2H2,1H3. The molecular weight excluding hydrogens is 312 g/mol. The highest BCUT2D eigenvalue weighted by Gasteiger charge is 2.36. The lowest BCUT2D eigenvalue weighted by Crippen LogP contribution is -2.10. The molecule has 23 heavy (non-hydrogen) atoms. The smallest absolute Gasteiger partial charge is 0.338 e. The van der Waals surface area contributed by atoms with Gasteiger partial charge in [0.2, 0.25) is 0 Å². The van der Waals surface area contributed by atoms with E-state index >= 15 is 0 Å². The third-order valence-electron chi connectivity index (χ3n) is 3.78. The topological polar surface area (TPSA) is 60.4 Å². The molecule has 0 saturated carbocycles. The Morgan fingerprint density at radius 3 is 2.39 bits per heavy atom. The molecule has 1 atom stereocenters. The molecule has 0 spiro atoms. The molecule has 0 aromatic heterocycles. The van der Waals surface area contributed by atoms with Crippen LogP contribution in [0.1, 0.15) is 23.3 Å². The Hall–Kier alpha value is -2.40. The summed E-state index contributed by atoms with van der Waals surface area (Å²) in [6, 6.07) is 15.3. The maximum atomic E-state index is 12.9. The molecule has 1 aliphatic carbocycles. The van der Waals surface area contributed by atoms with Gasteiger partial charge in [0.15, 0.2) is 9.84 Å². The van der Waals surface area contributed by atoms with Crippen LogP contribution in [0.15, 0.2) is 65.6 Å². The third kappa shape index (κ3) is 2.68. The van der Waals surface area contributed by atoms with Crippen LogP contribution in [0.3, 0.4) is 0 Å². The minimum atomic E-state index is -3.62. The Kier molecular flexibility index (Phi) is 4.05. The van der Waals surface area contributed by atoms with Crippen molar-refractivity contribution < 1.29 is 17.9 Å². The van der Waals surface area contributed by atoms with Crippen LogP contribution in [0.25, 0.3) is 5.57 Å². The largest absolute Gasteiger partial charge is 0.462 e. The monoisotopic (exact) mass is 328 g/mol. The number of hydrogen-bond donors (Lipinski definition) is 0. The molecule has 1 aliphatic rings. The Labute approximate surface area is 135 Å². The second kappa shape index (κ2) is 6.01. The average molecular weight is 328 g/mol. The van der Waals surface area contributed by atoms with Crippen LogP contribution in [-0.2, 0) is 19.4 Å². The molecule has 0 heterocycles. The van der Waals surface area contributed by atoms with E-state index in [-0.39, 0.29) is 11.5 Å². The lowest BCUT2D eigenvalue weighted by Gasteiger charge is -2.12. The van der Waals surface area contributed by atoms with Gasteiger partial charge in [-0.05, 0) is 36.3 Å². The molecule has 2 aromatic carbocycles. The van der Waals surface area contributed by atoms with Crippen LogP contribution in [0.5, 0.6) is 0 Å². The molecule has 2 aromatic rings. The van der Waals surface area contributed by atoms with E-state index in [2.05, 4.69) is 0 Å². The zero-order valence-electron chi connectivity index (χ0n) is 12.6. The van der Waals surface area contributed by atoms with Crippen LogP contribution in [0.4, 0.5) is 0 Å². The zero-order chi connectivity index (χ0) is 16.4. The normalized spacial score (nSPS) is 16.6. The molecule has 0 bridgehead atoms. The van der Waals surface area contributed by atoms with Crippen molar-refractivity contribution in [2.24, 2.45) is 0 Å². The summed E-state index contributed by atoms with van der Waals surface area (Å²) >= 11 is 0. The van der Waals surface area contributed by atoms with Crippen molar-refractivity contribution >= 4 is 21.4 Å². The highest BCUT2D eigenvalue weighted by atomic mass is 32.2. The van der Waals surface area contributed by atoms with Gasteiger partial charge < -0.3 is 4.74 Å². The van der Waals surface area contributed by atoms with E-state index < -0.39 is 21.1 Å². The number of fused-ring (bicyclic) bond motifs is 1. The van der Waals surface area contributed by atoms with Gasteiger partial charge in [-0.1, -0.05) is 42.5 Å². The number of ether oxygens (including phenoxy) is 1. The second-order valence-corrected chi connectivity index (χ2v) is 7.24. The first kappa shape index (κ1) is 15.5. The maximum absolute atomic E-state index is 12.9. The first-order valence-electron chi connectivity index (χ1n) is 7.33. The number of sulfone groups is 1. The highest BCUT2D eigenvalue weighted by Crippen LogP contribution is 2.41. The van der Waals surface area contributed by atoms with Gasteiger partial charge in [-0.3, -0.25) is 0 Å². The zero-order valence-corrected chi connectivity index (χ0v) is 13.4. The molecule has 0 N–H and O–H groups in total. The quantitative estimate of drug-likeness (QED) is 0.809. The van der Waals surface area contributed by atoms with Gasteiger partial charge in [0.25, 0.3) is 0 Å². The number of benzene rings is 2. The molecule has 0 amide bonds. The van der Waals surface area contributed by atoms with Crippen LogP contribution in [-0.4, -0.2) is 21.0 Å². The number of carbonyl (C=O) groups excluding carboxylic acids is 1. The predicted molar refractivity (Wildman–Crippen MR) is 87.4 cm³/mol. The third-order valence-corrected chi connectivity index (χ3v) is 5.76. The van der Waals surface area contributed by atoms with Crippen LogP contribution in [0.2, 0.25) is 0 Å². The fourth-order valence-electron chi connectivity index (χ4n) is 2.72. The van der Waals surface area contributed by atoms with Crippen molar-refractivity contribution in [1.29, 1.82) is 0 Å². The minimum Gasteiger partial charge on any atom is -0.462 e. The van der Waals surface area contributed by atoms with Gasteiger partial charge >= 0.3 is 5.97 Å². The molecule has 0 saturated heterocycles. The van der Waals surface area contributed by atoms with Crippen LogP contribution in [0, 0.1) is 0 Å². The molecular formula is C18H16O4S. The Bertz CT molecular complexity index is 867. The lowest BCUT2D eigenvalue weighted by atomic mass is 10.1. The van der Waals surface area contributed by atoms with Gasteiger partial charge in [0.05, 0.1) is 17.1 Å². The van der Waals surface area contributed by atoms with E-state index in [0.29, 0.717) is 16.7 Å². The Morgan fingerprint density at radius 1 is 1.04 bits per heavy atom.